The highest BCUT2D eigenvalue weighted by Gasteiger charge is 2.52. The summed E-state index contributed by atoms with van der Waals surface area (Å²) in [6.45, 7) is 0. The maximum absolute atomic E-state index is 2.59. The summed E-state index contributed by atoms with van der Waals surface area (Å²) in [5, 5.41) is 9.91. The number of benzene rings is 13. The molecule has 0 saturated heterocycles. The van der Waals surface area contributed by atoms with Crippen molar-refractivity contribution in [3.8, 4) is 44.8 Å². The summed E-state index contributed by atoms with van der Waals surface area (Å²) in [5.74, 6) is 0. The summed E-state index contributed by atoms with van der Waals surface area (Å²) >= 11 is 1.88. The fourth-order valence-corrected chi connectivity index (χ4v) is 15.8. The van der Waals surface area contributed by atoms with Crippen LogP contribution in [0.2, 0.25) is 0 Å². The predicted octanol–water partition coefficient (Wildman–Crippen LogP) is 20.9. The molecule has 0 saturated carbocycles. The maximum atomic E-state index is 2.59. The molecule has 0 unspecified atom stereocenters. The second-order valence-corrected chi connectivity index (χ2v) is 22.9. The highest BCUT2D eigenvalue weighted by molar-refractivity contribution is 7.25. The van der Waals surface area contributed by atoms with E-state index in [4.69, 9.17) is 0 Å². The molecule has 3 heterocycles. The zero-order chi connectivity index (χ0) is 52.9. The van der Waals surface area contributed by atoms with Crippen LogP contribution >= 0.6 is 11.3 Å². The first-order valence-corrected chi connectivity index (χ1v) is 28.8. The molecule has 13 aromatic carbocycles. The van der Waals surface area contributed by atoms with Crippen molar-refractivity contribution in [2.75, 3.05) is 4.90 Å². The molecule has 2 aliphatic carbocycles. The van der Waals surface area contributed by atoms with E-state index in [-0.39, 0.29) is 0 Å². The van der Waals surface area contributed by atoms with Gasteiger partial charge in [-0.15, -0.1) is 11.3 Å². The summed E-state index contributed by atoms with van der Waals surface area (Å²) in [6.07, 6.45) is 0. The minimum absolute atomic E-state index is 0.489. The summed E-state index contributed by atoms with van der Waals surface area (Å²) < 4.78 is 7.43. The molecular weight excluding hydrogens is 999 g/mol. The molecule has 3 aromatic heterocycles. The van der Waals surface area contributed by atoms with Crippen molar-refractivity contribution in [2.24, 2.45) is 0 Å². The topological polar surface area (TPSA) is 13.1 Å². The number of hydrogen-bond acceptors (Lipinski definition) is 2. The van der Waals surface area contributed by atoms with E-state index >= 15 is 0 Å². The molecule has 0 fully saturated rings. The van der Waals surface area contributed by atoms with Crippen LogP contribution in [0, 0.1) is 0 Å². The molecule has 3 nitrogen and oxygen atoms in total. The third-order valence-electron chi connectivity index (χ3n) is 17.9. The average Bonchev–Trinajstić information content (AvgIpc) is 3.00. The van der Waals surface area contributed by atoms with Gasteiger partial charge in [-0.25, -0.2) is 0 Å². The van der Waals surface area contributed by atoms with Gasteiger partial charge in [-0.1, -0.05) is 206 Å². The Morgan fingerprint density at radius 1 is 0.321 bits per heavy atom. The molecule has 16 aromatic rings. The zero-order valence-electron chi connectivity index (χ0n) is 43.9. The van der Waals surface area contributed by atoms with E-state index in [9.17, 15) is 0 Å². The highest BCUT2D eigenvalue weighted by Crippen LogP contribution is 2.65. The number of hydrogen-bond donors (Lipinski definition) is 0. The van der Waals surface area contributed by atoms with Gasteiger partial charge in [-0.3, -0.25) is 0 Å². The quantitative estimate of drug-likeness (QED) is 0.162. The van der Waals surface area contributed by atoms with Gasteiger partial charge in [0.15, 0.2) is 0 Å². The van der Waals surface area contributed by atoms with Gasteiger partial charge in [0.2, 0.25) is 0 Å². The van der Waals surface area contributed by atoms with E-state index in [0.29, 0.717) is 0 Å². The van der Waals surface area contributed by atoms with Crippen molar-refractivity contribution >= 4 is 103 Å². The lowest BCUT2D eigenvalue weighted by atomic mass is 9.70. The second-order valence-electron chi connectivity index (χ2n) is 21.9. The third-order valence-corrected chi connectivity index (χ3v) is 19.0. The third kappa shape index (κ3) is 6.12. The SMILES string of the molecule is c1ccc(-n2c3ccccc3c3c(N(c4ccc5c(c4)sc4ccc(-c6cccc7c8ccccc8n(-c8ccc9ccccc9c8)c67)cc45)c4cccc5c4-c4ccccc4C54c5ccccc5-c5ccccc54)cccc32)cc1. The van der Waals surface area contributed by atoms with Gasteiger partial charge in [0, 0.05) is 69.9 Å². The zero-order valence-corrected chi connectivity index (χ0v) is 44.7. The standard InChI is InChI=1S/C77H47N3S/c1-2-21-51(22-3-1)78-68-35-15-10-27-61(68)75-70(78)37-18-38-71(75)79(69-36-17-33-66-74(69)60-26-8-13-32-65(60)77(66)63-30-11-6-23-55(63)56-24-7-12-31-64(56)77)53-42-43-58-62-46-50(40-44-72(62)81-73(58)47-53)54-28-16-29-59-57-25-9-14-34-67(57)80(76(54)59)52-41-39-48-19-4-5-20-49(48)45-52/h1-47H. The van der Waals surface area contributed by atoms with Crippen molar-refractivity contribution in [3.63, 3.8) is 0 Å². The summed E-state index contributed by atoms with van der Waals surface area (Å²) in [5.41, 5.74) is 22.9. The van der Waals surface area contributed by atoms with E-state index in [0.717, 1.165) is 34.0 Å². The number of aromatic nitrogens is 2. The fourth-order valence-electron chi connectivity index (χ4n) is 14.7. The van der Waals surface area contributed by atoms with Crippen LogP contribution in [-0.4, -0.2) is 9.13 Å². The van der Waals surface area contributed by atoms with Crippen molar-refractivity contribution in [1.29, 1.82) is 0 Å². The summed E-state index contributed by atoms with van der Waals surface area (Å²) in [4.78, 5) is 2.59. The van der Waals surface area contributed by atoms with Crippen molar-refractivity contribution in [1.82, 2.24) is 9.13 Å². The Labute approximate surface area is 471 Å². The summed E-state index contributed by atoms with van der Waals surface area (Å²) in [7, 11) is 0. The van der Waals surface area contributed by atoms with Crippen LogP contribution in [0.1, 0.15) is 22.3 Å². The number of rotatable bonds is 6. The lowest BCUT2D eigenvalue weighted by molar-refractivity contribution is 0.794. The van der Waals surface area contributed by atoms with E-state index < -0.39 is 5.41 Å². The molecule has 0 N–H and O–H groups in total. The first kappa shape index (κ1) is 44.7. The van der Waals surface area contributed by atoms with Gasteiger partial charge in [-0.2, -0.15) is 0 Å². The van der Waals surface area contributed by atoms with Gasteiger partial charge in [0.05, 0.1) is 38.9 Å². The Morgan fingerprint density at radius 2 is 0.926 bits per heavy atom. The number of fused-ring (bicyclic) bond motifs is 20. The Kier molecular flexibility index (Phi) is 9.31. The van der Waals surface area contributed by atoms with E-state index in [1.54, 1.807) is 0 Å². The molecule has 81 heavy (non-hydrogen) atoms. The van der Waals surface area contributed by atoms with Crippen LogP contribution in [0.25, 0.3) is 119 Å². The van der Waals surface area contributed by atoms with E-state index in [1.165, 1.54) is 125 Å². The van der Waals surface area contributed by atoms with Crippen LogP contribution in [0.15, 0.2) is 285 Å². The summed E-state index contributed by atoms with van der Waals surface area (Å²) in [6, 6.07) is 107. The lowest BCUT2D eigenvalue weighted by Crippen LogP contribution is -2.26. The fraction of sp³-hybridized carbons (Fsp3) is 0.0130. The lowest BCUT2D eigenvalue weighted by Gasteiger charge is -2.32. The van der Waals surface area contributed by atoms with Gasteiger partial charge in [-0.05, 0) is 134 Å². The van der Waals surface area contributed by atoms with E-state index in [1.807, 2.05) is 11.3 Å². The Hall–Kier alpha value is -10.3. The molecule has 0 bridgehead atoms. The van der Waals surface area contributed by atoms with Crippen LogP contribution in [0.3, 0.4) is 0 Å². The average molecular weight is 1050 g/mol. The molecule has 2 aliphatic rings. The minimum Gasteiger partial charge on any atom is -0.309 e. The highest BCUT2D eigenvalue weighted by atomic mass is 32.1. The molecule has 18 rings (SSSR count). The number of nitrogens with zero attached hydrogens (tertiary/aromatic N) is 3. The molecule has 0 amide bonds. The Morgan fingerprint density at radius 3 is 1.74 bits per heavy atom. The first-order chi connectivity index (χ1) is 40.2. The van der Waals surface area contributed by atoms with Crippen molar-refractivity contribution in [3.05, 3.63) is 307 Å². The number of anilines is 3. The van der Waals surface area contributed by atoms with Crippen LogP contribution < -0.4 is 4.90 Å². The molecule has 0 atom stereocenters. The van der Waals surface area contributed by atoms with Crippen molar-refractivity contribution < 1.29 is 0 Å². The van der Waals surface area contributed by atoms with Gasteiger partial charge in [0.25, 0.3) is 0 Å². The van der Waals surface area contributed by atoms with E-state index in [2.05, 4.69) is 299 Å². The smallest absolute Gasteiger partial charge is 0.0726 e. The van der Waals surface area contributed by atoms with Gasteiger partial charge in [0.1, 0.15) is 0 Å². The predicted molar refractivity (Wildman–Crippen MR) is 342 cm³/mol. The van der Waals surface area contributed by atoms with Crippen molar-refractivity contribution in [2.45, 2.75) is 5.41 Å². The van der Waals surface area contributed by atoms with Crippen LogP contribution in [0.4, 0.5) is 17.1 Å². The molecule has 376 valence electrons. The molecule has 4 heteroatoms. The largest absolute Gasteiger partial charge is 0.309 e. The monoisotopic (exact) mass is 1050 g/mol. The second kappa shape index (κ2) is 16.9. The van der Waals surface area contributed by atoms with Crippen LogP contribution in [0.5, 0.6) is 0 Å². The first-order valence-electron chi connectivity index (χ1n) is 28.0. The number of para-hydroxylation sites is 4. The molecule has 1 spiro atoms. The van der Waals surface area contributed by atoms with Crippen LogP contribution in [-0.2, 0) is 5.41 Å². The number of thiophene rings is 1. The van der Waals surface area contributed by atoms with Gasteiger partial charge < -0.3 is 14.0 Å². The molecule has 0 aliphatic heterocycles. The normalized spacial score (nSPS) is 13.0. The molecule has 0 radical (unpaired) electrons. The Bertz CT molecular complexity index is 5280. The minimum atomic E-state index is -0.489. The molecular formula is C77H47N3S. The Balaban J connectivity index is 0.875. The van der Waals surface area contributed by atoms with Gasteiger partial charge >= 0.3 is 0 Å². The maximum Gasteiger partial charge on any atom is 0.0726 e.